The molecule has 7 rings (SSSR count). The van der Waals surface area contributed by atoms with E-state index in [4.69, 9.17) is 13.6 Å². The number of hydrogen-bond donors (Lipinski definition) is 2. The van der Waals surface area contributed by atoms with Gasteiger partial charge in [0.1, 0.15) is 40.5 Å². The van der Waals surface area contributed by atoms with Crippen molar-refractivity contribution in [2.45, 2.75) is 12.6 Å². The number of rotatable bonds is 10. The summed E-state index contributed by atoms with van der Waals surface area (Å²) in [7, 11) is -4.50. The summed E-state index contributed by atoms with van der Waals surface area (Å²) in [4.78, 5) is 4.25. The molecule has 1 saturated heterocycles. The fraction of sp³-hybridized carbons (Fsp3) is 0.250. The Hall–Kier alpha value is -4.90. The van der Waals surface area contributed by atoms with Crippen molar-refractivity contribution in [3.8, 4) is 39.7 Å². The van der Waals surface area contributed by atoms with Crippen LogP contribution >= 0.6 is 0 Å². The third-order valence-corrected chi connectivity index (χ3v) is 12.1. The molecular formula is C36H32F3N3O8S2. The summed E-state index contributed by atoms with van der Waals surface area (Å²) < 4.78 is 113. The normalized spacial score (nSPS) is 16.5. The van der Waals surface area contributed by atoms with Gasteiger partial charge < -0.3 is 18.7 Å². The Morgan fingerprint density at radius 2 is 1.71 bits per heavy atom. The first-order valence-electron chi connectivity index (χ1n) is 16.0. The zero-order valence-corrected chi connectivity index (χ0v) is 29.6. The second kappa shape index (κ2) is 13.3. The van der Waals surface area contributed by atoms with Gasteiger partial charge in [-0.2, -0.15) is 0 Å². The molecule has 0 spiro atoms. The maximum atomic E-state index is 14.6. The number of halogens is 3. The molecule has 0 amide bonds. The summed E-state index contributed by atoms with van der Waals surface area (Å²) >= 11 is 0. The monoisotopic (exact) mass is 755 g/mol. The van der Waals surface area contributed by atoms with Crippen LogP contribution in [0.4, 0.5) is 18.9 Å². The van der Waals surface area contributed by atoms with Crippen molar-refractivity contribution in [2.75, 3.05) is 42.8 Å². The van der Waals surface area contributed by atoms with Gasteiger partial charge in [0.2, 0.25) is 15.9 Å². The van der Waals surface area contributed by atoms with Gasteiger partial charge in [0.05, 0.1) is 36.1 Å². The van der Waals surface area contributed by atoms with Crippen molar-refractivity contribution in [2.24, 2.45) is 5.92 Å². The highest BCUT2D eigenvalue weighted by Crippen LogP contribution is 2.45. The molecule has 0 radical (unpaired) electrons. The lowest BCUT2D eigenvalue weighted by Gasteiger charge is -2.27. The molecule has 4 aromatic carbocycles. The van der Waals surface area contributed by atoms with Crippen LogP contribution in [-0.4, -0.2) is 65.4 Å². The molecule has 6 aromatic rings. The highest BCUT2D eigenvalue weighted by molar-refractivity contribution is 7.92. The minimum Gasteiger partial charge on any atom is -0.496 e. The standard InChI is InChI=1S/C36H32F3N3O8S2/c1-40-35(43)32-25-15-24(21-6-9-29(48-2)26(12-21)36-41-33-27(39)13-23(38)14-31(33)50-36)28(16-30(25)49-34(32)20-4-7-22(37)8-5-20)42(51(3,44)45)17-19-10-11-52(46,47)18-19/h4-9,12-16,19,35,40,43H,10-11,17-18H2,1-3H3. The van der Waals surface area contributed by atoms with Crippen LogP contribution in [0.1, 0.15) is 18.2 Å². The van der Waals surface area contributed by atoms with Crippen LogP contribution in [0.15, 0.2) is 75.6 Å². The Kier molecular flexibility index (Phi) is 9.05. The molecule has 16 heteroatoms. The Morgan fingerprint density at radius 1 is 0.981 bits per heavy atom. The lowest BCUT2D eigenvalue weighted by atomic mass is 9.96. The Bertz CT molecular complexity index is 2570. The van der Waals surface area contributed by atoms with Crippen molar-refractivity contribution in [3.63, 3.8) is 0 Å². The fourth-order valence-corrected chi connectivity index (χ4v) is 9.44. The summed E-state index contributed by atoms with van der Waals surface area (Å²) in [5.74, 6) is -2.69. The molecule has 0 bridgehead atoms. The maximum absolute atomic E-state index is 14.6. The van der Waals surface area contributed by atoms with Gasteiger partial charge in [-0.1, -0.05) is 6.07 Å². The number of ether oxygens (including phenoxy) is 1. The predicted molar refractivity (Wildman–Crippen MR) is 189 cm³/mol. The minimum atomic E-state index is -4.06. The number of benzene rings is 4. The Labute approximate surface area is 296 Å². The van der Waals surface area contributed by atoms with Gasteiger partial charge in [-0.05, 0) is 67.4 Å². The number of aromatic nitrogens is 1. The SMILES string of the molecule is CNC(O)c1c(-c2ccc(F)cc2)oc2cc(N(CC3CCS(=O)(=O)C3)S(C)(=O)=O)c(-c3ccc(OC)c(-c4nc5c(F)cc(F)cc5o4)c3)cc12. The number of oxazole rings is 1. The smallest absolute Gasteiger partial charge is 0.232 e. The lowest BCUT2D eigenvalue weighted by Crippen LogP contribution is -2.35. The third kappa shape index (κ3) is 6.62. The molecule has 52 heavy (non-hydrogen) atoms. The van der Waals surface area contributed by atoms with E-state index in [9.17, 15) is 35.1 Å². The van der Waals surface area contributed by atoms with Crippen molar-refractivity contribution < 1.29 is 48.7 Å². The number of sulfonamides is 1. The summed E-state index contributed by atoms with van der Waals surface area (Å²) in [5, 5.41) is 14.4. The predicted octanol–water partition coefficient (Wildman–Crippen LogP) is 6.41. The number of anilines is 1. The maximum Gasteiger partial charge on any atom is 0.232 e. The molecule has 1 fully saturated rings. The summed E-state index contributed by atoms with van der Waals surface area (Å²) in [6.45, 7) is -0.160. The van der Waals surface area contributed by atoms with Crippen LogP contribution in [0.3, 0.4) is 0 Å². The van der Waals surface area contributed by atoms with Crippen molar-refractivity contribution in [1.82, 2.24) is 10.3 Å². The topological polar surface area (TPSA) is 152 Å². The fourth-order valence-electron chi connectivity index (χ4n) is 6.60. The molecule has 11 nitrogen and oxygen atoms in total. The minimum absolute atomic E-state index is 0.0670. The van der Waals surface area contributed by atoms with Gasteiger partial charge in [0.25, 0.3) is 0 Å². The first kappa shape index (κ1) is 35.5. The third-order valence-electron chi connectivity index (χ3n) is 9.07. The Balaban J connectivity index is 1.50. The summed E-state index contributed by atoms with van der Waals surface area (Å²) in [6, 6.07) is 15.0. The largest absolute Gasteiger partial charge is 0.496 e. The number of nitrogens with one attached hydrogen (secondary N) is 1. The van der Waals surface area contributed by atoms with Crippen LogP contribution in [0.5, 0.6) is 5.75 Å². The first-order chi connectivity index (χ1) is 24.7. The second-order valence-corrected chi connectivity index (χ2v) is 16.8. The zero-order chi connectivity index (χ0) is 37.1. The molecule has 3 heterocycles. The Morgan fingerprint density at radius 3 is 2.37 bits per heavy atom. The number of fused-ring (bicyclic) bond motifs is 2. The van der Waals surface area contributed by atoms with E-state index in [2.05, 4.69) is 10.3 Å². The van der Waals surface area contributed by atoms with E-state index < -0.39 is 49.5 Å². The van der Waals surface area contributed by atoms with E-state index in [1.807, 2.05) is 0 Å². The first-order valence-corrected chi connectivity index (χ1v) is 19.7. The number of aliphatic hydroxyl groups is 1. The van der Waals surface area contributed by atoms with E-state index in [1.54, 1.807) is 24.3 Å². The lowest BCUT2D eigenvalue weighted by molar-refractivity contribution is 0.150. The van der Waals surface area contributed by atoms with Crippen LogP contribution in [0, 0.1) is 23.4 Å². The molecule has 2 N–H and O–H groups in total. The van der Waals surface area contributed by atoms with Gasteiger partial charge in [-0.25, -0.2) is 35.0 Å². The van der Waals surface area contributed by atoms with E-state index in [1.165, 1.54) is 44.5 Å². The molecule has 1 aliphatic heterocycles. The van der Waals surface area contributed by atoms with Gasteiger partial charge in [0.15, 0.2) is 21.2 Å². The van der Waals surface area contributed by atoms with Crippen molar-refractivity contribution >= 4 is 47.6 Å². The van der Waals surface area contributed by atoms with E-state index >= 15 is 0 Å². The number of hydrogen-bond acceptors (Lipinski definition) is 10. The molecule has 0 saturated carbocycles. The van der Waals surface area contributed by atoms with Gasteiger partial charge in [0, 0.05) is 46.8 Å². The highest BCUT2D eigenvalue weighted by atomic mass is 32.2. The van der Waals surface area contributed by atoms with E-state index in [0.29, 0.717) is 28.1 Å². The van der Waals surface area contributed by atoms with Gasteiger partial charge in [-0.15, -0.1) is 0 Å². The van der Waals surface area contributed by atoms with Crippen LogP contribution in [-0.2, 0) is 19.9 Å². The molecule has 1 aliphatic rings. The molecule has 2 unspecified atom stereocenters. The molecular weight excluding hydrogens is 724 g/mol. The number of sulfone groups is 1. The average Bonchev–Trinajstić information content (AvgIpc) is 3.80. The summed E-state index contributed by atoms with van der Waals surface area (Å²) in [5.41, 5.74) is 1.61. The quantitative estimate of drug-likeness (QED) is 0.150. The molecule has 0 aliphatic carbocycles. The number of nitrogens with zero attached hydrogens (tertiary/aromatic N) is 2. The van der Waals surface area contributed by atoms with Crippen molar-refractivity contribution in [1.29, 1.82) is 0 Å². The highest BCUT2D eigenvalue weighted by Gasteiger charge is 2.34. The van der Waals surface area contributed by atoms with E-state index in [0.717, 1.165) is 16.6 Å². The average molecular weight is 756 g/mol. The van der Waals surface area contributed by atoms with E-state index in [-0.39, 0.29) is 75.4 Å². The molecule has 272 valence electrons. The molecule has 2 atom stereocenters. The number of methoxy groups -OCH3 is 1. The summed E-state index contributed by atoms with van der Waals surface area (Å²) in [6.07, 6.45) is -0.00392. The van der Waals surface area contributed by atoms with Gasteiger partial charge >= 0.3 is 0 Å². The van der Waals surface area contributed by atoms with Crippen LogP contribution in [0.25, 0.3) is 56.0 Å². The number of furan rings is 1. The zero-order valence-electron chi connectivity index (χ0n) is 28.0. The van der Waals surface area contributed by atoms with Crippen LogP contribution < -0.4 is 14.4 Å². The number of aliphatic hydroxyl groups excluding tert-OH is 1. The van der Waals surface area contributed by atoms with Gasteiger partial charge in [-0.3, -0.25) is 9.62 Å². The second-order valence-electron chi connectivity index (χ2n) is 12.6. The van der Waals surface area contributed by atoms with Crippen molar-refractivity contribution in [3.05, 3.63) is 89.7 Å². The van der Waals surface area contributed by atoms with Crippen LogP contribution in [0.2, 0.25) is 0 Å². The molecule has 2 aromatic heterocycles.